The van der Waals surface area contributed by atoms with Crippen LogP contribution in [0.1, 0.15) is 41.8 Å². The molecule has 0 aliphatic heterocycles. The van der Waals surface area contributed by atoms with Crippen molar-refractivity contribution < 1.29 is 29.4 Å². The number of anilines is 2. The molecular weight excluding hydrogens is 502 g/mol. The molecular formula is C28H19N5O6. The van der Waals surface area contributed by atoms with Gasteiger partial charge < -0.3 is 35.8 Å². The van der Waals surface area contributed by atoms with Crippen LogP contribution >= 0.6 is 0 Å². The van der Waals surface area contributed by atoms with Crippen molar-refractivity contribution in [3.63, 3.8) is 0 Å². The highest BCUT2D eigenvalue weighted by molar-refractivity contribution is 6.10. The Balaban J connectivity index is 1.19. The van der Waals surface area contributed by atoms with Crippen LogP contribution in [0.4, 0.5) is 11.4 Å². The summed E-state index contributed by atoms with van der Waals surface area (Å²) in [7, 11) is 0. The second kappa shape index (κ2) is 8.92. The van der Waals surface area contributed by atoms with Crippen molar-refractivity contribution in [2.24, 2.45) is 0 Å². The number of aromatic nitrogens is 3. The van der Waals surface area contributed by atoms with Gasteiger partial charge in [0.25, 0.3) is 11.8 Å². The van der Waals surface area contributed by atoms with E-state index in [2.05, 4.69) is 25.6 Å². The second-order valence-electron chi connectivity index (χ2n) is 8.97. The number of hydrogen-bond acceptors (Lipinski definition) is 4. The van der Waals surface area contributed by atoms with Crippen molar-refractivity contribution in [3.8, 4) is 0 Å². The fraction of sp³-hybridized carbons (Fsp3) is 0. The number of fused-ring (bicyclic) bond motifs is 3. The normalized spacial score (nSPS) is 11.2. The quantitative estimate of drug-likeness (QED) is 0.161. The molecule has 3 heterocycles. The van der Waals surface area contributed by atoms with Gasteiger partial charge >= 0.3 is 11.9 Å². The van der Waals surface area contributed by atoms with E-state index in [4.69, 9.17) is 10.2 Å². The Morgan fingerprint density at radius 1 is 0.513 bits per heavy atom. The highest BCUT2D eigenvalue weighted by Gasteiger charge is 2.15. The maximum atomic E-state index is 12.9. The Kier molecular flexibility index (Phi) is 5.39. The number of carboxylic acid groups (broad SMARTS) is 2. The van der Waals surface area contributed by atoms with E-state index in [0.717, 1.165) is 0 Å². The largest absolute Gasteiger partial charge is 0.477 e. The van der Waals surface area contributed by atoms with E-state index < -0.39 is 17.8 Å². The van der Waals surface area contributed by atoms with Gasteiger partial charge in [-0.05, 0) is 72.8 Å². The molecule has 0 spiro atoms. The minimum atomic E-state index is -1.07. The van der Waals surface area contributed by atoms with Crippen LogP contribution in [0.15, 0.2) is 72.8 Å². The zero-order valence-corrected chi connectivity index (χ0v) is 20.0. The lowest BCUT2D eigenvalue weighted by molar-refractivity contribution is 0.0681. The van der Waals surface area contributed by atoms with Gasteiger partial charge in [0.15, 0.2) is 0 Å². The molecule has 2 amide bonds. The van der Waals surface area contributed by atoms with Gasteiger partial charge in [-0.1, -0.05) is 0 Å². The molecule has 11 nitrogen and oxygen atoms in total. The molecule has 0 unspecified atom stereocenters. The summed E-state index contributed by atoms with van der Waals surface area (Å²) in [4.78, 5) is 56.8. The number of amides is 2. The van der Waals surface area contributed by atoms with Crippen molar-refractivity contribution in [1.29, 1.82) is 0 Å². The number of aromatic carboxylic acids is 2. The predicted octanol–water partition coefficient (Wildman–Crippen LogP) is 5.03. The maximum Gasteiger partial charge on any atom is 0.352 e. The highest BCUT2D eigenvalue weighted by Crippen LogP contribution is 2.24. The Morgan fingerprint density at radius 2 is 0.949 bits per heavy atom. The van der Waals surface area contributed by atoms with E-state index in [1.54, 1.807) is 60.7 Å². The predicted molar refractivity (Wildman–Crippen MR) is 145 cm³/mol. The summed E-state index contributed by atoms with van der Waals surface area (Å²) in [6, 6.07) is 19.7. The van der Waals surface area contributed by atoms with Crippen molar-refractivity contribution in [1.82, 2.24) is 15.0 Å². The molecule has 11 heteroatoms. The third-order valence-corrected chi connectivity index (χ3v) is 6.35. The number of H-pyrrole nitrogens is 3. The number of carboxylic acids is 2. The zero-order chi connectivity index (χ0) is 27.3. The average molecular weight is 521 g/mol. The first-order chi connectivity index (χ1) is 18.7. The number of carbonyl (C=O) groups excluding carboxylic acids is 2. The molecule has 0 bridgehead atoms. The van der Waals surface area contributed by atoms with Crippen LogP contribution in [0.25, 0.3) is 32.7 Å². The fourth-order valence-corrected chi connectivity index (χ4v) is 4.45. The van der Waals surface area contributed by atoms with Crippen LogP contribution in [0, 0.1) is 0 Å². The van der Waals surface area contributed by atoms with Gasteiger partial charge in [0, 0.05) is 49.6 Å². The number of rotatable bonds is 6. The van der Waals surface area contributed by atoms with E-state index in [1.165, 1.54) is 12.1 Å². The van der Waals surface area contributed by atoms with Gasteiger partial charge in [-0.15, -0.1) is 0 Å². The molecule has 3 aromatic heterocycles. The molecule has 0 aliphatic carbocycles. The molecule has 3 aromatic carbocycles. The van der Waals surface area contributed by atoms with Crippen LogP contribution in [0.2, 0.25) is 0 Å². The summed E-state index contributed by atoms with van der Waals surface area (Å²) in [5.74, 6) is -2.90. The lowest BCUT2D eigenvalue weighted by atomic mass is 10.1. The fourth-order valence-electron chi connectivity index (χ4n) is 4.45. The Labute approximate surface area is 218 Å². The zero-order valence-electron chi connectivity index (χ0n) is 20.0. The van der Waals surface area contributed by atoms with E-state index >= 15 is 0 Å². The van der Waals surface area contributed by atoms with E-state index in [9.17, 15) is 19.2 Å². The molecule has 0 saturated carbocycles. The van der Waals surface area contributed by atoms with Gasteiger partial charge in [-0.2, -0.15) is 0 Å². The number of carbonyl (C=O) groups is 4. The second-order valence-corrected chi connectivity index (χ2v) is 8.97. The molecule has 6 rings (SSSR count). The minimum Gasteiger partial charge on any atom is -0.477 e. The standard InChI is InChI=1S/C28H19N5O6/c34-25(29-17-2-5-20-15(8-17)11-23(32-20)27(36)37)13-1-4-19-14(7-13)10-22(31-19)26(35)30-18-3-6-21-16(9-18)12-24(33-21)28(38)39/h1-12,31-33H,(H,29,34)(H,30,35)(H,36,37)(H,38,39). The Morgan fingerprint density at radius 3 is 1.49 bits per heavy atom. The van der Waals surface area contributed by atoms with Gasteiger partial charge in [0.05, 0.1) is 0 Å². The number of benzene rings is 3. The average Bonchev–Trinajstić information content (AvgIpc) is 3.63. The van der Waals surface area contributed by atoms with Gasteiger partial charge in [0.2, 0.25) is 0 Å². The Hall–Kier alpha value is -5.84. The lowest BCUT2D eigenvalue weighted by Gasteiger charge is -2.05. The van der Waals surface area contributed by atoms with Crippen molar-refractivity contribution >= 4 is 67.8 Å². The molecule has 0 atom stereocenters. The molecule has 7 N–H and O–H groups in total. The first-order valence-electron chi connectivity index (χ1n) is 11.7. The monoisotopic (exact) mass is 521 g/mol. The topological polar surface area (TPSA) is 180 Å². The summed E-state index contributed by atoms with van der Waals surface area (Å²) >= 11 is 0. The van der Waals surface area contributed by atoms with Gasteiger partial charge in [0.1, 0.15) is 17.1 Å². The summed E-state index contributed by atoms with van der Waals surface area (Å²) in [5, 5.41) is 25.9. The van der Waals surface area contributed by atoms with Crippen LogP contribution in [-0.4, -0.2) is 48.9 Å². The van der Waals surface area contributed by atoms with Crippen molar-refractivity contribution in [3.05, 3.63) is 95.4 Å². The van der Waals surface area contributed by atoms with Crippen LogP contribution < -0.4 is 10.6 Å². The number of aromatic amines is 3. The molecule has 192 valence electrons. The highest BCUT2D eigenvalue weighted by atomic mass is 16.4. The maximum absolute atomic E-state index is 12.9. The summed E-state index contributed by atoms with van der Waals surface area (Å²) in [6.07, 6.45) is 0. The van der Waals surface area contributed by atoms with E-state index in [1.807, 2.05) is 0 Å². The van der Waals surface area contributed by atoms with Crippen LogP contribution in [0.3, 0.4) is 0 Å². The third-order valence-electron chi connectivity index (χ3n) is 6.35. The van der Waals surface area contributed by atoms with E-state index in [-0.39, 0.29) is 23.0 Å². The molecule has 6 aromatic rings. The summed E-state index contributed by atoms with van der Waals surface area (Å²) in [6.45, 7) is 0. The smallest absolute Gasteiger partial charge is 0.352 e. The van der Waals surface area contributed by atoms with Gasteiger partial charge in [-0.25, -0.2) is 9.59 Å². The number of nitrogens with one attached hydrogen (secondary N) is 5. The SMILES string of the molecule is O=C(Nc1ccc2[nH]c(C(=O)O)cc2c1)c1ccc2[nH]c(C(=O)Nc3ccc4[nH]c(C(=O)O)cc4c3)cc2c1. The van der Waals surface area contributed by atoms with Crippen LogP contribution in [-0.2, 0) is 0 Å². The van der Waals surface area contributed by atoms with E-state index in [0.29, 0.717) is 49.6 Å². The third kappa shape index (κ3) is 4.44. The molecule has 39 heavy (non-hydrogen) atoms. The first-order valence-corrected chi connectivity index (χ1v) is 11.7. The molecule has 0 radical (unpaired) electrons. The molecule has 0 fully saturated rings. The van der Waals surface area contributed by atoms with Crippen molar-refractivity contribution in [2.45, 2.75) is 0 Å². The summed E-state index contributed by atoms with van der Waals surface area (Å²) < 4.78 is 0. The molecule has 0 aliphatic rings. The van der Waals surface area contributed by atoms with Crippen LogP contribution in [0.5, 0.6) is 0 Å². The number of hydrogen-bond donors (Lipinski definition) is 7. The van der Waals surface area contributed by atoms with Crippen molar-refractivity contribution in [2.75, 3.05) is 10.6 Å². The summed E-state index contributed by atoms with van der Waals surface area (Å²) in [5.41, 5.74) is 3.73. The van der Waals surface area contributed by atoms with Gasteiger partial charge in [-0.3, -0.25) is 9.59 Å². The minimum absolute atomic E-state index is 0.0567. The Bertz CT molecular complexity index is 1870. The first kappa shape index (κ1) is 23.6. The lowest BCUT2D eigenvalue weighted by Crippen LogP contribution is -2.12. The molecule has 0 saturated heterocycles.